The summed E-state index contributed by atoms with van der Waals surface area (Å²) < 4.78 is 18.7. The van der Waals surface area contributed by atoms with Crippen LogP contribution in [0, 0.1) is 0 Å². The Morgan fingerprint density at radius 1 is 1.44 bits per heavy atom. The number of hydrogen-bond donors (Lipinski definition) is 1. The van der Waals surface area contributed by atoms with E-state index < -0.39 is 27.8 Å². The third kappa shape index (κ3) is 4.53. The van der Waals surface area contributed by atoms with Crippen molar-refractivity contribution in [1.29, 1.82) is 0 Å². The summed E-state index contributed by atoms with van der Waals surface area (Å²) in [6, 6.07) is 9.16. The number of pyridine rings is 1. The van der Waals surface area contributed by atoms with E-state index in [0.29, 0.717) is 17.2 Å². The van der Waals surface area contributed by atoms with Crippen LogP contribution in [0.5, 0.6) is 0 Å². The van der Waals surface area contributed by atoms with E-state index >= 15 is 0 Å². The van der Waals surface area contributed by atoms with E-state index in [2.05, 4.69) is 4.98 Å². The third-order valence-corrected chi connectivity index (χ3v) is 7.40. The number of methoxy groups -OCH3 is 1. The zero-order chi connectivity index (χ0) is 22.6. The van der Waals surface area contributed by atoms with Crippen LogP contribution in [-0.2, 0) is 36.3 Å². The number of aromatic nitrogens is 1. The van der Waals surface area contributed by atoms with E-state index in [1.807, 2.05) is 23.6 Å². The van der Waals surface area contributed by atoms with Gasteiger partial charge in [0.25, 0.3) is 18.1 Å². The van der Waals surface area contributed by atoms with Gasteiger partial charge < -0.3 is 9.84 Å². The van der Waals surface area contributed by atoms with Gasteiger partial charge in [-0.15, -0.1) is 28.3 Å². The summed E-state index contributed by atoms with van der Waals surface area (Å²) in [5, 5.41) is 8.55. The first-order chi connectivity index (χ1) is 14.9. The van der Waals surface area contributed by atoms with Gasteiger partial charge in [-0.3, -0.25) is 33.4 Å². The number of nitrogens with zero attached hydrogens (tertiary/aromatic N) is 3. The minimum atomic E-state index is -1.59. The number of amides is 2. The van der Waals surface area contributed by atoms with Crippen LogP contribution >= 0.6 is 28.3 Å². The Morgan fingerprint density at radius 2 is 2.16 bits per heavy atom. The second kappa shape index (κ2) is 10.9. The molecule has 0 radical (unpaired) electrons. The standard InChI is InChI=1S/C19H19N3O4S2.CH2O2.BrH/c1-13(23)22(16-7-5-9-27-16)19(26-2)17(24)21-11-14(12-28(25)18(19)21)10-15-6-3-4-8-20-15;2-1-3;/h3-9,11,18H,10,12H2,1-2H3;1H,(H,2,3);1H/t18-,19?,28?;;/m1../s1. The molecule has 0 spiro atoms. The molecule has 2 aliphatic heterocycles. The molecule has 0 bridgehead atoms. The number of ether oxygens (including phenoxy) is 1. The van der Waals surface area contributed by atoms with Crippen molar-refractivity contribution in [3.63, 3.8) is 0 Å². The molecule has 4 heterocycles. The Kier molecular flexibility index (Phi) is 8.84. The van der Waals surface area contributed by atoms with Crippen LogP contribution < -0.4 is 4.90 Å². The van der Waals surface area contributed by atoms with Gasteiger partial charge in [0.15, 0.2) is 5.37 Å². The second-order valence-corrected chi connectivity index (χ2v) is 9.11. The number of fused-ring (bicyclic) bond motifs is 1. The molecular weight excluding hydrogens is 522 g/mol. The van der Waals surface area contributed by atoms with Crippen LogP contribution in [0.25, 0.3) is 0 Å². The highest BCUT2D eigenvalue weighted by molar-refractivity contribution is 8.93. The molecular formula is C20H22BrN3O6S2. The van der Waals surface area contributed by atoms with E-state index in [1.165, 1.54) is 35.2 Å². The number of anilines is 1. The lowest BCUT2D eigenvalue weighted by molar-refractivity contribution is -0.182. The average Bonchev–Trinajstić information content (AvgIpc) is 3.26. The number of carbonyl (C=O) groups excluding carboxylic acids is 2. The molecule has 2 amide bonds. The zero-order valence-electron chi connectivity index (χ0n) is 17.2. The highest BCUT2D eigenvalue weighted by Crippen LogP contribution is 2.45. The van der Waals surface area contributed by atoms with Crippen molar-refractivity contribution in [2.75, 3.05) is 17.8 Å². The molecule has 1 saturated heterocycles. The predicted molar refractivity (Wildman–Crippen MR) is 126 cm³/mol. The molecule has 4 rings (SSSR count). The van der Waals surface area contributed by atoms with Crippen LogP contribution in [0.3, 0.4) is 0 Å². The maximum Gasteiger partial charge on any atom is 0.290 e. The van der Waals surface area contributed by atoms with Gasteiger partial charge >= 0.3 is 0 Å². The number of halogens is 1. The molecule has 2 aromatic heterocycles. The van der Waals surface area contributed by atoms with Crippen molar-refractivity contribution in [1.82, 2.24) is 9.88 Å². The summed E-state index contributed by atoms with van der Waals surface area (Å²) in [7, 11) is -0.0478. The number of hydrogen-bond acceptors (Lipinski definition) is 7. The molecule has 0 aliphatic carbocycles. The number of rotatable bonds is 5. The SMILES string of the molecule is Br.COC1(N(C(C)=O)c2cccs2)C(=O)N2C=C(Cc3ccccn3)CS(=O)[C@@H]21.O=CO. The van der Waals surface area contributed by atoms with Crippen molar-refractivity contribution >= 4 is 62.4 Å². The van der Waals surface area contributed by atoms with Gasteiger partial charge in [0.05, 0.1) is 10.8 Å². The number of carboxylic acid groups (broad SMARTS) is 1. The van der Waals surface area contributed by atoms with Crippen molar-refractivity contribution in [3.05, 3.63) is 59.4 Å². The van der Waals surface area contributed by atoms with E-state index in [4.69, 9.17) is 14.6 Å². The van der Waals surface area contributed by atoms with E-state index in [9.17, 15) is 13.8 Å². The summed E-state index contributed by atoms with van der Waals surface area (Å²) >= 11 is 1.33. The Balaban J connectivity index is 0.000000860. The van der Waals surface area contributed by atoms with Gasteiger partial charge in [-0.05, 0) is 35.2 Å². The largest absolute Gasteiger partial charge is 0.483 e. The number of β-lactam (4-membered cyclic amide) rings is 1. The fourth-order valence-electron chi connectivity index (χ4n) is 3.71. The average molecular weight is 544 g/mol. The first-order valence-electron chi connectivity index (χ1n) is 9.17. The van der Waals surface area contributed by atoms with Crippen LogP contribution in [0.1, 0.15) is 12.6 Å². The Bertz CT molecular complexity index is 1020. The van der Waals surface area contributed by atoms with Crippen LogP contribution in [0.15, 0.2) is 53.7 Å². The highest BCUT2D eigenvalue weighted by atomic mass is 79.9. The minimum absolute atomic E-state index is 0. The van der Waals surface area contributed by atoms with Crippen LogP contribution in [0.2, 0.25) is 0 Å². The normalized spacial score (nSPS) is 23.4. The molecule has 3 atom stereocenters. The first kappa shape index (κ1) is 25.8. The molecule has 9 nitrogen and oxygen atoms in total. The quantitative estimate of drug-likeness (QED) is 0.349. The number of carbonyl (C=O) groups is 3. The fraction of sp³-hybridized carbons (Fsp3) is 0.300. The maximum atomic E-state index is 13.2. The van der Waals surface area contributed by atoms with Crippen LogP contribution in [-0.4, -0.2) is 61.4 Å². The van der Waals surface area contributed by atoms with Crippen molar-refractivity contribution in [2.24, 2.45) is 0 Å². The summed E-state index contributed by atoms with van der Waals surface area (Å²) in [6.07, 6.45) is 3.95. The highest BCUT2D eigenvalue weighted by Gasteiger charge is 2.69. The van der Waals surface area contributed by atoms with Gasteiger partial charge in [-0.2, -0.15) is 0 Å². The lowest BCUT2D eigenvalue weighted by Crippen LogP contribution is -2.82. The summed E-state index contributed by atoms with van der Waals surface area (Å²) in [5.74, 6) is -0.431. The zero-order valence-corrected chi connectivity index (χ0v) is 20.6. The Hall–Kier alpha value is -2.41. The summed E-state index contributed by atoms with van der Waals surface area (Å²) in [4.78, 5) is 41.0. The molecule has 12 heteroatoms. The van der Waals surface area contributed by atoms with Gasteiger partial charge in [-0.1, -0.05) is 6.07 Å². The maximum absolute atomic E-state index is 13.2. The smallest absolute Gasteiger partial charge is 0.290 e. The molecule has 2 aliphatic rings. The summed E-state index contributed by atoms with van der Waals surface area (Å²) in [5.41, 5.74) is 0.116. The topological polar surface area (TPSA) is 117 Å². The van der Waals surface area contributed by atoms with Crippen molar-refractivity contribution < 1.29 is 28.4 Å². The lowest BCUT2D eigenvalue weighted by atomic mass is 9.98. The third-order valence-electron chi connectivity index (χ3n) is 4.85. The lowest BCUT2D eigenvalue weighted by Gasteiger charge is -2.57. The predicted octanol–water partition coefficient (Wildman–Crippen LogP) is 2.17. The van der Waals surface area contributed by atoms with E-state index in [1.54, 1.807) is 24.5 Å². The van der Waals surface area contributed by atoms with Crippen molar-refractivity contribution in [3.8, 4) is 0 Å². The number of thiophene rings is 1. The fourth-order valence-corrected chi connectivity index (χ4v) is 6.31. The molecule has 2 aromatic rings. The molecule has 1 fully saturated rings. The Labute approximate surface area is 201 Å². The van der Waals surface area contributed by atoms with Crippen LogP contribution in [0.4, 0.5) is 5.00 Å². The molecule has 0 aromatic carbocycles. The van der Waals surface area contributed by atoms with Gasteiger partial charge in [0.2, 0.25) is 5.91 Å². The second-order valence-electron chi connectivity index (χ2n) is 6.69. The van der Waals surface area contributed by atoms with Gasteiger partial charge in [0.1, 0.15) is 5.00 Å². The van der Waals surface area contributed by atoms with Crippen molar-refractivity contribution in [2.45, 2.75) is 24.4 Å². The van der Waals surface area contributed by atoms with Gasteiger partial charge in [0, 0.05) is 44.3 Å². The van der Waals surface area contributed by atoms with E-state index in [0.717, 1.165) is 11.3 Å². The first-order valence-corrected chi connectivity index (χ1v) is 11.4. The Morgan fingerprint density at radius 3 is 2.69 bits per heavy atom. The monoisotopic (exact) mass is 543 g/mol. The molecule has 32 heavy (non-hydrogen) atoms. The minimum Gasteiger partial charge on any atom is -0.483 e. The molecule has 0 saturated carbocycles. The summed E-state index contributed by atoms with van der Waals surface area (Å²) in [6.45, 7) is 1.13. The molecule has 2 unspecified atom stereocenters. The molecule has 172 valence electrons. The van der Waals surface area contributed by atoms with Gasteiger partial charge in [-0.25, -0.2) is 0 Å². The molecule has 1 N–H and O–H groups in total. The van der Waals surface area contributed by atoms with E-state index in [-0.39, 0.29) is 29.4 Å².